The molecule has 0 spiro atoms. The van der Waals surface area contributed by atoms with Crippen molar-refractivity contribution in [2.45, 2.75) is 33.8 Å². The van der Waals surface area contributed by atoms with Crippen molar-refractivity contribution in [1.29, 1.82) is 5.26 Å². The Labute approximate surface area is 114 Å². The van der Waals surface area contributed by atoms with Crippen LogP contribution < -0.4 is 15.4 Å². The van der Waals surface area contributed by atoms with Gasteiger partial charge in [-0.2, -0.15) is 10.2 Å². The van der Waals surface area contributed by atoms with E-state index in [1.54, 1.807) is 0 Å². The maximum atomic E-state index is 8.90. The Balaban J connectivity index is 3.01. The molecular weight excluding hydrogens is 242 g/mol. The zero-order valence-corrected chi connectivity index (χ0v) is 11.9. The first-order valence-electron chi connectivity index (χ1n) is 6.41. The van der Waals surface area contributed by atoms with E-state index in [0.29, 0.717) is 30.5 Å². The predicted octanol–water partition coefficient (Wildman–Crippen LogP) is 1.83. The highest BCUT2D eigenvalue weighted by molar-refractivity contribution is 5.67. The third kappa shape index (κ3) is 3.98. The molecule has 1 rings (SSSR count). The van der Waals surface area contributed by atoms with E-state index in [2.05, 4.69) is 16.0 Å². The molecule has 0 bridgehead atoms. The van der Waals surface area contributed by atoms with Gasteiger partial charge in [-0.1, -0.05) is 0 Å². The van der Waals surface area contributed by atoms with Crippen LogP contribution in [0.4, 0.5) is 11.5 Å². The standard InChI is InChI=1S/C13H21N5O/c1-5-18(7-10(4)6-14)12-11(15)13(17-8-16-12)19-9(2)3/h8-10H,5,7,15H2,1-4H3. The molecule has 19 heavy (non-hydrogen) atoms. The van der Waals surface area contributed by atoms with Crippen LogP contribution >= 0.6 is 0 Å². The Morgan fingerprint density at radius 2 is 2.11 bits per heavy atom. The van der Waals surface area contributed by atoms with E-state index in [0.717, 1.165) is 0 Å². The molecule has 104 valence electrons. The lowest BCUT2D eigenvalue weighted by Gasteiger charge is -2.25. The van der Waals surface area contributed by atoms with Crippen LogP contribution in [0.2, 0.25) is 0 Å². The molecule has 2 N–H and O–H groups in total. The average molecular weight is 263 g/mol. The highest BCUT2D eigenvalue weighted by Gasteiger charge is 2.17. The van der Waals surface area contributed by atoms with Gasteiger partial charge in [0.2, 0.25) is 5.88 Å². The minimum Gasteiger partial charge on any atom is -0.473 e. The molecule has 0 fully saturated rings. The van der Waals surface area contributed by atoms with Crippen molar-refractivity contribution in [2.75, 3.05) is 23.7 Å². The maximum absolute atomic E-state index is 8.90. The summed E-state index contributed by atoms with van der Waals surface area (Å²) in [5.41, 5.74) is 6.47. The first kappa shape index (κ1) is 15.0. The highest BCUT2D eigenvalue weighted by Crippen LogP contribution is 2.28. The van der Waals surface area contributed by atoms with E-state index in [1.165, 1.54) is 6.33 Å². The minimum absolute atomic E-state index is 0.00170. The van der Waals surface area contributed by atoms with Gasteiger partial charge in [0.05, 0.1) is 18.1 Å². The lowest BCUT2D eigenvalue weighted by molar-refractivity contribution is 0.234. The molecular formula is C13H21N5O. The fourth-order valence-electron chi connectivity index (χ4n) is 1.68. The molecule has 0 radical (unpaired) electrons. The summed E-state index contributed by atoms with van der Waals surface area (Å²) in [4.78, 5) is 10.2. The van der Waals surface area contributed by atoms with E-state index in [4.69, 9.17) is 15.7 Å². The van der Waals surface area contributed by atoms with Crippen molar-refractivity contribution >= 4 is 11.5 Å². The van der Waals surface area contributed by atoms with Gasteiger partial charge in [-0.25, -0.2) is 4.98 Å². The number of nitrogens with two attached hydrogens (primary N) is 1. The Hall–Kier alpha value is -2.03. The first-order valence-corrected chi connectivity index (χ1v) is 6.41. The number of aromatic nitrogens is 2. The summed E-state index contributed by atoms with van der Waals surface area (Å²) in [5.74, 6) is 0.919. The van der Waals surface area contributed by atoms with Crippen LogP contribution in [0, 0.1) is 17.2 Å². The zero-order valence-electron chi connectivity index (χ0n) is 11.9. The summed E-state index contributed by atoms with van der Waals surface area (Å²) in [5, 5.41) is 8.90. The van der Waals surface area contributed by atoms with E-state index in [-0.39, 0.29) is 12.0 Å². The third-order valence-corrected chi connectivity index (χ3v) is 2.57. The van der Waals surface area contributed by atoms with Crippen LogP contribution in [-0.2, 0) is 0 Å². The van der Waals surface area contributed by atoms with Crippen molar-refractivity contribution in [3.05, 3.63) is 6.33 Å². The Bertz CT molecular complexity index is 455. The fraction of sp³-hybridized carbons (Fsp3) is 0.615. The van der Waals surface area contributed by atoms with Crippen molar-refractivity contribution in [2.24, 2.45) is 5.92 Å². The number of ether oxygens (including phenoxy) is 1. The van der Waals surface area contributed by atoms with E-state index < -0.39 is 0 Å². The molecule has 0 saturated heterocycles. The monoisotopic (exact) mass is 263 g/mol. The largest absolute Gasteiger partial charge is 0.473 e. The molecule has 0 saturated carbocycles. The molecule has 6 heteroatoms. The molecule has 0 aliphatic rings. The molecule has 6 nitrogen and oxygen atoms in total. The molecule has 1 atom stereocenters. The summed E-state index contributed by atoms with van der Waals surface area (Å²) >= 11 is 0. The van der Waals surface area contributed by atoms with Gasteiger partial charge in [0.15, 0.2) is 5.82 Å². The molecule has 1 unspecified atom stereocenters. The smallest absolute Gasteiger partial charge is 0.242 e. The Kier molecular flexibility index (Phi) is 5.37. The quantitative estimate of drug-likeness (QED) is 0.842. The van der Waals surface area contributed by atoms with E-state index in [1.807, 2.05) is 32.6 Å². The Morgan fingerprint density at radius 1 is 1.42 bits per heavy atom. The van der Waals surface area contributed by atoms with Gasteiger partial charge in [0.25, 0.3) is 0 Å². The van der Waals surface area contributed by atoms with Gasteiger partial charge in [0, 0.05) is 13.1 Å². The topological polar surface area (TPSA) is 88.1 Å². The SMILES string of the molecule is CCN(CC(C)C#N)c1ncnc(OC(C)C)c1N. The normalized spacial score (nSPS) is 12.0. The van der Waals surface area contributed by atoms with Crippen LogP contribution in [0.1, 0.15) is 27.7 Å². The second-order valence-corrected chi connectivity index (χ2v) is 4.65. The lowest BCUT2D eigenvalue weighted by Crippen LogP contribution is -2.29. The Morgan fingerprint density at radius 3 is 2.63 bits per heavy atom. The molecule has 0 aliphatic heterocycles. The summed E-state index contributed by atoms with van der Waals surface area (Å²) < 4.78 is 5.54. The summed E-state index contributed by atoms with van der Waals surface area (Å²) in [6.07, 6.45) is 1.43. The molecule has 1 aromatic heterocycles. The zero-order chi connectivity index (χ0) is 14.4. The molecule has 0 aliphatic carbocycles. The minimum atomic E-state index is -0.0937. The summed E-state index contributed by atoms with van der Waals surface area (Å²) in [7, 11) is 0. The van der Waals surface area contributed by atoms with Crippen molar-refractivity contribution in [1.82, 2.24) is 9.97 Å². The second-order valence-electron chi connectivity index (χ2n) is 4.65. The predicted molar refractivity (Wildman–Crippen MR) is 74.9 cm³/mol. The van der Waals surface area contributed by atoms with Crippen molar-refractivity contribution in [3.63, 3.8) is 0 Å². The van der Waals surface area contributed by atoms with E-state index in [9.17, 15) is 0 Å². The van der Waals surface area contributed by atoms with Crippen molar-refractivity contribution < 1.29 is 4.74 Å². The number of rotatable bonds is 6. The van der Waals surface area contributed by atoms with Crippen LogP contribution in [0.5, 0.6) is 5.88 Å². The van der Waals surface area contributed by atoms with Crippen LogP contribution in [0.3, 0.4) is 0 Å². The fourth-order valence-corrected chi connectivity index (χ4v) is 1.68. The van der Waals surface area contributed by atoms with Crippen LogP contribution in [0.25, 0.3) is 0 Å². The number of anilines is 2. The molecule has 1 aromatic rings. The van der Waals surface area contributed by atoms with Crippen molar-refractivity contribution in [3.8, 4) is 11.9 Å². The van der Waals surface area contributed by atoms with Crippen LogP contribution in [0.15, 0.2) is 6.33 Å². The van der Waals surface area contributed by atoms with E-state index >= 15 is 0 Å². The number of hydrogen-bond acceptors (Lipinski definition) is 6. The second kappa shape index (κ2) is 6.78. The number of nitriles is 1. The van der Waals surface area contributed by atoms with Gasteiger partial charge in [-0.3, -0.25) is 0 Å². The number of nitrogen functional groups attached to an aromatic ring is 1. The lowest BCUT2D eigenvalue weighted by atomic mass is 10.2. The number of hydrogen-bond donors (Lipinski definition) is 1. The highest BCUT2D eigenvalue weighted by atomic mass is 16.5. The molecule has 0 amide bonds. The summed E-state index contributed by atoms with van der Waals surface area (Å²) in [6.45, 7) is 8.98. The van der Waals surface area contributed by atoms with Gasteiger partial charge in [-0.15, -0.1) is 0 Å². The first-order chi connectivity index (χ1) is 8.99. The third-order valence-electron chi connectivity index (χ3n) is 2.57. The van der Waals surface area contributed by atoms with Gasteiger partial charge in [-0.05, 0) is 27.7 Å². The molecule has 0 aromatic carbocycles. The maximum Gasteiger partial charge on any atom is 0.242 e. The molecule has 1 heterocycles. The average Bonchev–Trinajstić information content (AvgIpc) is 2.38. The summed E-state index contributed by atoms with van der Waals surface area (Å²) in [6, 6.07) is 2.21. The number of nitrogens with zero attached hydrogens (tertiary/aromatic N) is 4. The van der Waals surface area contributed by atoms with Gasteiger partial charge in [0.1, 0.15) is 12.0 Å². The van der Waals surface area contributed by atoms with Gasteiger partial charge >= 0.3 is 0 Å². The van der Waals surface area contributed by atoms with Gasteiger partial charge < -0.3 is 15.4 Å². The van der Waals surface area contributed by atoms with Crippen LogP contribution in [-0.4, -0.2) is 29.2 Å².